The Morgan fingerprint density at radius 3 is 2.63 bits per heavy atom. The van der Waals surface area contributed by atoms with Gasteiger partial charge in [0, 0.05) is 30.4 Å². The summed E-state index contributed by atoms with van der Waals surface area (Å²) in [6.07, 6.45) is 1.65. The Morgan fingerprint density at radius 2 is 1.93 bits per heavy atom. The maximum Gasteiger partial charge on any atom is 0.255 e. The number of nitrogens with zero attached hydrogens (tertiary/aromatic N) is 1. The quantitative estimate of drug-likeness (QED) is 0.789. The molecule has 0 spiro atoms. The molecule has 2 aromatic carbocycles. The van der Waals surface area contributed by atoms with Crippen LogP contribution in [0.2, 0.25) is 5.02 Å². The van der Waals surface area contributed by atoms with Crippen LogP contribution in [0.3, 0.4) is 0 Å². The van der Waals surface area contributed by atoms with Gasteiger partial charge < -0.3 is 10.1 Å². The fraction of sp³-hybridized carbons (Fsp3) is 0.316. The van der Waals surface area contributed by atoms with Crippen LogP contribution in [-0.4, -0.2) is 38.3 Å². The lowest BCUT2D eigenvalue weighted by atomic mass is 10.2. The van der Waals surface area contributed by atoms with Gasteiger partial charge in [0.05, 0.1) is 11.6 Å². The van der Waals surface area contributed by atoms with Crippen molar-refractivity contribution in [1.82, 2.24) is 4.31 Å². The molecule has 6 nitrogen and oxygen atoms in total. The summed E-state index contributed by atoms with van der Waals surface area (Å²) < 4.78 is 32.4. The second kappa shape index (κ2) is 8.29. The van der Waals surface area contributed by atoms with Gasteiger partial charge in [-0.2, -0.15) is 4.31 Å². The Bertz CT molecular complexity index is 940. The van der Waals surface area contributed by atoms with Crippen LogP contribution in [0.1, 0.15) is 30.1 Å². The first-order chi connectivity index (χ1) is 12.9. The van der Waals surface area contributed by atoms with E-state index in [2.05, 4.69) is 5.32 Å². The third-order valence-corrected chi connectivity index (χ3v) is 6.66. The highest BCUT2D eigenvalue weighted by Gasteiger charge is 2.29. The fourth-order valence-corrected chi connectivity index (χ4v) is 4.96. The zero-order valence-corrected chi connectivity index (χ0v) is 16.5. The van der Waals surface area contributed by atoms with E-state index < -0.39 is 15.9 Å². The van der Waals surface area contributed by atoms with Crippen molar-refractivity contribution in [3.8, 4) is 5.75 Å². The lowest BCUT2D eigenvalue weighted by Crippen LogP contribution is -2.28. The van der Waals surface area contributed by atoms with Gasteiger partial charge in [-0.25, -0.2) is 8.42 Å². The molecule has 1 heterocycles. The number of benzene rings is 2. The van der Waals surface area contributed by atoms with Gasteiger partial charge in [-0.05, 0) is 50.1 Å². The smallest absolute Gasteiger partial charge is 0.255 e. The minimum Gasteiger partial charge on any atom is -0.494 e. The van der Waals surface area contributed by atoms with E-state index in [1.54, 1.807) is 24.3 Å². The first-order valence-electron chi connectivity index (χ1n) is 8.75. The number of sulfonamides is 1. The molecule has 1 saturated heterocycles. The van der Waals surface area contributed by atoms with Crippen molar-refractivity contribution >= 4 is 33.2 Å². The first-order valence-corrected chi connectivity index (χ1v) is 10.6. The lowest BCUT2D eigenvalue weighted by Gasteiger charge is -2.17. The van der Waals surface area contributed by atoms with Gasteiger partial charge in [0.1, 0.15) is 10.6 Å². The van der Waals surface area contributed by atoms with E-state index in [1.807, 2.05) is 6.92 Å². The predicted octanol–water partition coefficient (Wildman–Crippen LogP) is 3.78. The molecule has 3 rings (SSSR count). The minimum absolute atomic E-state index is 0.0400. The van der Waals surface area contributed by atoms with E-state index in [0.717, 1.165) is 12.8 Å². The number of hydrogen-bond acceptors (Lipinski definition) is 4. The van der Waals surface area contributed by atoms with E-state index in [-0.39, 0.29) is 15.5 Å². The van der Waals surface area contributed by atoms with Crippen LogP contribution >= 0.6 is 11.6 Å². The average molecular weight is 409 g/mol. The number of hydrogen-bond donors (Lipinski definition) is 1. The van der Waals surface area contributed by atoms with Gasteiger partial charge in [-0.1, -0.05) is 17.7 Å². The zero-order chi connectivity index (χ0) is 19.4. The summed E-state index contributed by atoms with van der Waals surface area (Å²) in [6.45, 7) is 3.34. The highest BCUT2D eigenvalue weighted by Crippen LogP contribution is 2.28. The standard InChI is InChI=1S/C19H21ClN2O4S/c1-2-26-16-7-5-6-15(13-16)21-19(23)14-8-9-17(20)18(12-14)27(24,25)22-10-3-4-11-22/h5-9,12-13H,2-4,10-11H2,1H3,(H,21,23). The Morgan fingerprint density at radius 1 is 1.19 bits per heavy atom. The van der Waals surface area contributed by atoms with Gasteiger partial charge in [-0.15, -0.1) is 0 Å². The second-order valence-corrected chi connectivity index (χ2v) is 8.48. The number of carbonyl (C=O) groups is 1. The van der Waals surface area contributed by atoms with E-state index in [4.69, 9.17) is 16.3 Å². The molecule has 1 aliphatic heterocycles. The number of rotatable bonds is 6. The Hall–Kier alpha value is -2.09. The van der Waals surface area contributed by atoms with Crippen molar-refractivity contribution in [1.29, 1.82) is 0 Å². The monoisotopic (exact) mass is 408 g/mol. The summed E-state index contributed by atoms with van der Waals surface area (Å²) in [6, 6.07) is 11.3. The molecular weight excluding hydrogens is 388 g/mol. The van der Waals surface area contributed by atoms with E-state index in [1.165, 1.54) is 22.5 Å². The maximum atomic E-state index is 12.8. The highest BCUT2D eigenvalue weighted by molar-refractivity contribution is 7.89. The molecule has 2 aromatic rings. The number of ether oxygens (including phenoxy) is 1. The minimum atomic E-state index is -3.71. The van der Waals surface area contributed by atoms with Crippen LogP contribution in [0.25, 0.3) is 0 Å². The molecule has 0 aliphatic carbocycles. The highest BCUT2D eigenvalue weighted by atomic mass is 35.5. The Balaban J connectivity index is 1.85. The van der Waals surface area contributed by atoms with Crippen molar-refractivity contribution in [3.63, 3.8) is 0 Å². The maximum absolute atomic E-state index is 12.8. The Kier molecular flexibility index (Phi) is 6.04. The van der Waals surface area contributed by atoms with Gasteiger partial charge >= 0.3 is 0 Å². The van der Waals surface area contributed by atoms with Gasteiger partial charge in [0.15, 0.2) is 0 Å². The van der Waals surface area contributed by atoms with E-state index >= 15 is 0 Å². The molecule has 1 fully saturated rings. The first kappa shape index (κ1) is 19.7. The predicted molar refractivity (Wildman–Crippen MR) is 105 cm³/mol. The van der Waals surface area contributed by atoms with Crippen LogP contribution < -0.4 is 10.1 Å². The summed E-state index contributed by atoms with van der Waals surface area (Å²) in [7, 11) is -3.71. The van der Waals surface area contributed by atoms with Crippen LogP contribution in [0.15, 0.2) is 47.4 Å². The lowest BCUT2D eigenvalue weighted by molar-refractivity contribution is 0.102. The molecule has 1 amide bonds. The van der Waals surface area contributed by atoms with Crippen molar-refractivity contribution in [2.75, 3.05) is 25.0 Å². The van der Waals surface area contributed by atoms with Crippen LogP contribution in [0.5, 0.6) is 5.75 Å². The zero-order valence-electron chi connectivity index (χ0n) is 14.9. The molecule has 0 bridgehead atoms. The van der Waals surface area contributed by atoms with Crippen LogP contribution in [-0.2, 0) is 10.0 Å². The summed E-state index contributed by atoms with van der Waals surface area (Å²) in [4.78, 5) is 12.6. The fourth-order valence-electron chi connectivity index (χ4n) is 2.94. The summed E-state index contributed by atoms with van der Waals surface area (Å²) in [5.74, 6) is 0.224. The normalized spacial score (nSPS) is 14.9. The largest absolute Gasteiger partial charge is 0.494 e. The van der Waals surface area contributed by atoms with Crippen molar-refractivity contribution in [2.24, 2.45) is 0 Å². The molecule has 0 saturated carbocycles. The van der Waals surface area contributed by atoms with Crippen molar-refractivity contribution < 1.29 is 17.9 Å². The topological polar surface area (TPSA) is 75.7 Å². The number of amides is 1. The van der Waals surface area contributed by atoms with Gasteiger partial charge in [0.25, 0.3) is 5.91 Å². The van der Waals surface area contributed by atoms with Crippen molar-refractivity contribution in [3.05, 3.63) is 53.1 Å². The number of carbonyl (C=O) groups excluding carboxylic acids is 1. The molecule has 0 aromatic heterocycles. The third-order valence-electron chi connectivity index (χ3n) is 4.28. The number of anilines is 1. The summed E-state index contributed by atoms with van der Waals surface area (Å²) >= 11 is 6.13. The van der Waals surface area contributed by atoms with Crippen molar-refractivity contribution in [2.45, 2.75) is 24.7 Å². The molecular formula is C19H21ClN2O4S. The van der Waals surface area contributed by atoms with Crippen LogP contribution in [0.4, 0.5) is 5.69 Å². The molecule has 144 valence electrons. The van der Waals surface area contributed by atoms with Gasteiger partial charge in [0.2, 0.25) is 10.0 Å². The van der Waals surface area contributed by atoms with E-state index in [0.29, 0.717) is 31.1 Å². The second-order valence-electron chi connectivity index (χ2n) is 6.17. The van der Waals surface area contributed by atoms with Gasteiger partial charge in [-0.3, -0.25) is 4.79 Å². The molecule has 27 heavy (non-hydrogen) atoms. The van der Waals surface area contributed by atoms with E-state index in [9.17, 15) is 13.2 Å². The molecule has 8 heteroatoms. The Labute approximate surface area is 164 Å². The summed E-state index contributed by atoms with van der Waals surface area (Å²) in [5, 5.41) is 2.86. The molecule has 1 aliphatic rings. The molecule has 0 atom stereocenters. The molecule has 0 unspecified atom stereocenters. The summed E-state index contributed by atoms with van der Waals surface area (Å²) in [5.41, 5.74) is 0.781. The third kappa shape index (κ3) is 4.43. The molecule has 1 N–H and O–H groups in total. The SMILES string of the molecule is CCOc1cccc(NC(=O)c2ccc(Cl)c(S(=O)(=O)N3CCCC3)c2)c1. The van der Waals surface area contributed by atoms with Crippen LogP contribution in [0, 0.1) is 0 Å². The number of nitrogens with one attached hydrogen (secondary N) is 1. The number of halogens is 1. The molecule has 0 radical (unpaired) electrons. The average Bonchev–Trinajstić information content (AvgIpc) is 3.18.